The van der Waals surface area contributed by atoms with Crippen LogP contribution in [0.2, 0.25) is 0 Å². The van der Waals surface area contributed by atoms with Gasteiger partial charge in [0.1, 0.15) is 0 Å². The molecule has 0 amide bonds. The molecule has 0 radical (unpaired) electrons. The first-order chi connectivity index (χ1) is 8.40. The van der Waals surface area contributed by atoms with Crippen molar-refractivity contribution in [1.82, 2.24) is 10.2 Å². The second-order valence-corrected chi connectivity index (χ2v) is 4.58. The predicted molar refractivity (Wildman–Crippen MR) is 71.2 cm³/mol. The average molecular weight is 249 g/mol. The van der Waals surface area contributed by atoms with Gasteiger partial charge < -0.3 is 9.73 Å². The van der Waals surface area contributed by atoms with Crippen LogP contribution in [0.25, 0.3) is 11.5 Å². The van der Waals surface area contributed by atoms with E-state index >= 15 is 0 Å². The molecule has 0 bridgehead atoms. The molecule has 1 aromatic heterocycles. The molecule has 0 saturated carbocycles. The third-order valence-corrected chi connectivity index (χ3v) is 3.02. The Morgan fingerprint density at radius 3 is 3.12 bits per heavy atom. The summed E-state index contributed by atoms with van der Waals surface area (Å²) < 4.78 is 5.16. The molecule has 0 spiro atoms. The highest BCUT2D eigenvalue weighted by Gasteiger charge is 2.03. The van der Waals surface area contributed by atoms with Crippen LogP contribution < -0.4 is 5.32 Å². The van der Waals surface area contributed by atoms with Gasteiger partial charge in [-0.3, -0.25) is 0 Å². The van der Waals surface area contributed by atoms with Gasteiger partial charge in [-0.1, -0.05) is 6.07 Å². The van der Waals surface area contributed by atoms with Gasteiger partial charge in [-0.2, -0.15) is 11.8 Å². The number of benzene rings is 1. The number of rotatable bonds is 6. The lowest BCUT2D eigenvalue weighted by atomic mass is 10.2. The fraction of sp³-hybridized carbons (Fsp3) is 0.333. The summed E-state index contributed by atoms with van der Waals surface area (Å²) >= 11 is 1.86. The molecule has 0 saturated heterocycles. The SMILES string of the molecule is CSCCCNc1cccc(-c2nnco2)c1. The highest BCUT2D eigenvalue weighted by molar-refractivity contribution is 7.98. The van der Waals surface area contributed by atoms with Gasteiger partial charge in [0.05, 0.1) is 0 Å². The molecular weight excluding hydrogens is 234 g/mol. The maximum Gasteiger partial charge on any atom is 0.247 e. The number of nitrogens with one attached hydrogen (secondary N) is 1. The van der Waals surface area contributed by atoms with Crippen LogP contribution in [0, 0.1) is 0 Å². The van der Waals surface area contributed by atoms with Crippen LogP contribution in [0.15, 0.2) is 35.1 Å². The zero-order valence-electron chi connectivity index (χ0n) is 9.72. The summed E-state index contributed by atoms with van der Waals surface area (Å²) in [5.41, 5.74) is 2.03. The molecule has 0 aliphatic rings. The lowest BCUT2D eigenvalue weighted by Gasteiger charge is -2.06. The van der Waals surface area contributed by atoms with Gasteiger partial charge >= 0.3 is 0 Å². The third-order valence-electron chi connectivity index (χ3n) is 2.32. The molecule has 17 heavy (non-hydrogen) atoms. The van der Waals surface area contributed by atoms with Crippen LogP contribution in [0.1, 0.15) is 6.42 Å². The second kappa shape index (κ2) is 6.30. The van der Waals surface area contributed by atoms with E-state index in [2.05, 4.69) is 21.8 Å². The Bertz CT molecular complexity index is 445. The number of hydrogen-bond acceptors (Lipinski definition) is 5. The van der Waals surface area contributed by atoms with E-state index in [1.807, 2.05) is 36.0 Å². The van der Waals surface area contributed by atoms with Gasteiger partial charge in [-0.15, -0.1) is 10.2 Å². The van der Waals surface area contributed by atoms with E-state index in [1.165, 1.54) is 12.1 Å². The summed E-state index contributed by atoms with van der Waals surface area (Å²) in [7, 11) is 0. The van der Waals surface area contributed by atoms with Gasteiger partial charge in [0.25, 0.3) is 0 Å². The molecule has 5 heteroatoms. The number of anilines is 1. The zero-order valence-corrected chi connectivity index (χ0v) is 10.5. The van der Waals surface area contributed by atoms with E-state index in [0.29, 0.717) is 5.89 Å². The fourth-order valence-electron chi connectivity index (χ4n) is 1.51. The van der Waals surface area contributed by atoms with Crippen molar-refractivity contribution < 1.29 is 4.42 Å². The van der Waals surface area contributed by atoms with Gasteiger partial charge in [-0.25, -0.2) is 0 Å². The van der Waals surface area contributed by atoms with Crippen LogP contribution in [0.5, 0.6) is 0 Å². The highest BCUT2D eigenvalue weighted by Crippen LogP contribution is 2.20. The van der Waals surface area contributed by atoms with E-state index in [1.54, 1.807) is 0 Å². The van der Waals surface area contributed by atoms with E-state index in [9.17, 15) is 0 Å². The molecule has 2 rings (SSSR count). The van der Waals surface area contributed by atoms with Crippen molar-refractivity contribution in [2.45, 2.75) is 6.42 Å². The minimum Gasteiger partial charge on any atom is -0.423 e. The van der Waals surface area contributed by atoms with Crippen molar-refractivity contribution in [3.05, 3.63) is 30.7 Å². The maximum atomic E-state index is 5.16. The third kappa shape index (κ3) is 3.49. The van der Waals surface area contributed by atoms with Crippen molar-refractivity contribution >= 4 is 17.4 Å². The number of nitrogens with zero attached hydrogens (tertiary/aromatic N) is 2. The number of hydrogen-bond donors (Lipinski definition) is 1. The summed E-state index contributed by atoms with van der Waals surface area (Å²) in [5.74, 6) is 1.73. The highest BCUT2D eigenvalue weighted by atomic mass is 32.2. The maximum absolute atomic E-state index is 5.16. The molecule has 0 fully saturated rings. The summed E-state index contributed by atoms with van der Waals surface area (Å²) in [6.45, 7) is 0.980. The van der Waals surface area contributed by atoms with Gasteiger partial charge in [0, 0.05) is 17.8 Å². The molecule has 0 atom stereocenters. The second-order valence-electron chi connectivity index (χ2n) is 3.60. The van der Waals surface area contributed by atoms with Gasteiger partial charge in [0.2, 0.25) is 12.3 Å². The van der Waals surface area contributed by atoms with Crippen LogP contribution in [-0.2, 0) is 0 Å². The molecule has 90 valence electrons. The Labute approximate surface area is 105 Å². The van der Waals surface area contributed by atoms with Crippen LogP contribution in [0.4, 0.5) is 5.69 Å². The van der Waals surface area contributed by atoms with Crippen LogP contribution in [0.3, 0.4) is 0 Å². The van der Waals surface area contributed by atoms with Crippen molar-refractivity contribution in [2.75, 3.05) is 23.9 Å². The van der Waals surface area contributed by atoms with E-state index < -0.39 is 0 Å². The molecule has 4 nitrogen and oxygen atoms in total. The molecule has 0 aliphatic heterocycles. The lowest BCUT2D eigenvalue weighted by molar-refractivity contribution is 0.568. The predicted octanol–water partition coefficient (Wildman–Crippen LogP) is 2.90. The van der Waals surface area contributed by atoms with Gasteiger partial charge in [-0.05, 0) is 36.6 Å². The first-order valence-electron chi connectivity index (χ1n) is 5.49. The standard InChI is InChI=1S/C12H15N3OS/c1-17-7-3-6-13-11-5-2-4-10(8-11)12-15-14-9-16-12/h2,4-5,8-9,13H,3,6-7H2,1H3. The molecule has 0 unspecified atom stereocenters. The Morgan fingerprint density at radius 2 is 2.35 bits per heavy atom. The first-order valence-corrected chi connectivity index (χ1v) is 6.89. The number of aromatic nitrogens is 2. The molecule has 0 aliphatic carbocycles. The van der Waals surface area contributed by atoms with Crippen molar-refractivity contribution in [3.63, 3.8) is 0 Å². The first kappa shape index (κ1) is 12.0. The Morgan fingerprint density at radius 1 is 1.41 bits per heavy atom. The normalized spacial score (nSPS) is 10.4. The van der Waals surface area contributed by atoms with Gasteiger partial charge in [0.15, 0.2) is 0 Å². The van der Waals surface area contributed by atoms with E-state index in [4.69, 9.17) is 4.42 Å². The molecule has 1 aromatic carbocycles. The minimum atomic E-state index is 0.553. The summed E-state index contributed by atoms with van der Waals surface area (Å²) in [6, 6.07) is 8.00. The largest absolute Gasteiger partial charge is 0.423 e. The Kier molecular flexibility index (Phi) is 4.44. The smallest absolute Gasteiger partial charge is 0.247 e. The molecular formula is C12H15N3OS. The Hall–Kier alpha value is -1.49. The monoisotopic (exact) mass is 249 g/mol. The Balaban J connectivity index is 1.97. The minimum absolute atomic E-state index is 0.553. The molecule has 1 heterocycles. The molecule has 1 N–H and O–H groups in total. The van der Waals surface area contributed by atoms with E-state index in [0.717, 1.165) is 24.2 Å². The zero-order chi connectivity index (χ0) is 11.9. The van der Waals surface area contributed by atoms with E-state index in [-0.39, 0.29) is 0 Å². The summed E-state index contributed by atoms with van der Waals surface area (Å²) in [5, 5.41) is 10.9. The summed E-state index contributed by atoms with van der Waals surface area (Å²) in [4.78, 5) is 0. The molecule has 2 aromatic rings. The van der Waals surface area contributed by atoms with Crippen molar-refractivity contribution in [3.8, 4) is 11.5 Å². The topological polar surface area (TPSA) is 51.0 Å². The lowest BCUT2D eigenvalue weighted by Crippen LogP contribution is -2.02. The van der Waals surface area contributed by atoms with Crippen molar-refractivity contribution in [1.29, 1.82) is 0 Å². The fourth-order valence-corrected chi connectivity index (χ4v) is 1.94. The summed E-state index contributed by atoms with van der Waals surface area (Å²) in [6.07, 6.45) is 4.62. The average Bonchev–Trinajstić information content (AvgIpc) is 2.89. The van der Waals surface area contributed by atoms with Crippen LogP contribution in [-0.4, -0.2) is 28.8 Å². The van der Waals surface area contributed by atoms with Crippen LogP contribution >= 0.6 is 11.8 Å². The number of thioether (sulfide) groups is 1. The quantitative estimate of drug-likeness (QED) is 0.798. The van der Waals surface area contributed by atoms with Crippen molar-refractivity contribution in [2.24, 2.45) is 0 Å².